The standard InChI is InChI=1S/C12H9NO5/c14-11(12(15)16)4-2-1-3-9-5-7-10(8-6-9)13(17)18/h1-8H,(H,15,16). The summed E-state index contributed by atoms with van der Waals surface area (Å²) in [4.78, 5) is 30.7. The number of hydrogen-bond donors (Lipinski definition) is 1. The van der Waals surface area contributed by atoms with Gasteiger partial charge in [0.2, 0.25) is 0 Å². The first-order valence-electron chi connectivity index (χ1n) is 4.87. The molecule has 6 heteroatoms. The maximum absolute atomic E-state index is 10.7. The molecule has 0 saturated heterocycles. The molecule has 0 aliphatic heterocycles. The van der Waals surface area contributed by atoms with Crippen molar-refractivity contribution in [3.8, 4) is 0 Å². The Labute approximate surface area is 102 Å². The maximum Gasteiger partial charge on any atom is 0.376 e. The molecule has 0 bridgehead atoms. The van der Waals surface area contributed by atoms with E-state index in [-0.39, 0.29) is 5.69 Å². The lowest BCUT2D eigenvalue weighted by Crippen LogP contribution is -2.08. The summed E-state index contributed by atoms with van der Waals surface area (Å²) >= 11 is 0. The van der Waals surface area contributed by atoms with Gasteiger partial charge in [-0.1, -0.05) is 18.2 Å². The molecular weight excluding hydrogens is 238 g/mol. The zero-order valence-corrected chi connectivity index (χ0v) is 9.15. The highest BCUT2D eigenvalue weighted by Crippen LogP contribution is 2.12. The molecule has 0 radical (unpaired) electrons. The second-order valence-electron chi connectivity index (χ2n) is 3.24. The van der Waals surface area contributed by atoms with E-state index in [9.17, 15) is 19.7 Å². The minimum atomic E-state index is -1.52. The monoisotopic (exact) mass is 247 g/mol. The predicted molar refractivity (Wildman–Crippen MR) is 63.9 cm³/mol. The average molecular weight is 247 g/mol. The number of carbonyl (C=O) groups is 2. The highest BCUT2D eigenvalue weighted by Gasteiger charge is 2.04. The molecule has 0 aromatic heterocycles. The van der Waals surface area contributed by atoms with E-state index >= 15 is 0 Å². The van der Waals surface area contributed by atoms with E-state index in [0.29, 0.717) is 5.56 Å². The molecule has 1 aromatic rings. The molecular formula is C12H9NO5. The Morgan fingerprint density at radius 2 is 1.78 bits per heavy atom. The highest BCUT2D eigenvalue weighted by atomic mass is 16.6. The summed E-state index contributed by atoms with van der Waals surface area (Å²) < 4.78 is 0. The van der Waals surface area contributed by atoms with Gasteiger partial charge in [0, 0.05) is 12.1 Å². The quantitative estimate of drug-likeness (QED) is 0.281. The smallest absolute Gasteiger partial charge is 0.376 e. The predicted octanol–water partition coefficient (Wildman–Crippen LogP) is 1.82. The number of ketones is 1. The van der Waals surface area contributed by atoms with E-state index < -0.39 is 16.7 Å². The van der Waals surface area contributed by atoms with Crippen LogP contribution in [0.5, 0.6) is 0 Å². The molecule has 92 valence electrons. The van der Waals surface area contributed by atoms with E-state index in [1.54, 1.807) is 18.2 Å². The molecule has 1 rings (SSSR count). The number of nitro benzene ring substituents is 1. The van der Waals surface area contributed by atoms with Crippen molar-refractivity contribution in [2.45, 2.75) is 0 Å². The van der Waals surface area contributed by atoms with E-state index in [4.69, 9.17) is 5.11 Å². The lowest BCUT2D eigenvalue weighted by Gasteiger charge is -1.92. The first-order valence-corrected chi connectivity index (χ1v) is 4.87. The number of non-ortho nitro benzene ring substituents is 1. The molecule has 0 unspecified atom stereocenters. The fourth-order valence-corrected chi connectivity index (χ4v) is 1.09. The van der Waals surface area contributed by atoms with Crippen molar-refractivity contribution in [2.24, 2.45) is 0 Å². The number of hydrogen-bond acceptors (Lipinski definition) is 4. The van der Waals surface area contributed by atoms with Crippen LogP contribution in [0.3, 0.4) is 0 Å². The second-order valence-corrected chi connectivity index (χ2v) is 3.24. The minimum absolute atomic E-state index is 0.0104. The molecule has 0 aliphatic carbocycles. The highest BCUT2D eigenvalue weighted by molar-refractivity contribution is 6.37. The number of carboxylic acid groups (broad SMARTS) is 1. The van der Waals surface area contributed by atoms with Crippen LogP contribution in [-0.2, 0) is 9.59 Å². The number of carbonyl (C=O) groups excluding carboxylic acids is 1. The molecule has 0 aliphatic rings. The van der Waals surface area contributed by atoms with Crippen LogP contribution < -0.4 is 0 Å². The molecule has 0 atom stereocenters. The second kappa shape index (κ2) is 6.09. The number of benzene rings is 1. The number of allylic oxidation sites excluding steroid dienone is 2. The first-order chi connectivity index (χ1) is 8.50. The number of aliphatic carboxylic acids is 1. The van der Waals surface area contributed by atoms with Crippen LogP contribution in [-0.4, -0.2) is 21.8 Å². The van der Waals surface area contributed by atoms with E-state index in [2.05, 4.69) is 0 Å². The van der Waals surface area contributed by atoms with Crippen LogP contribution >= 0.6 is 0 Å². The Balaban J connectivity index is 2.65. The number of nitrogens with zero attached hydrogens (tertiary/aromatic N) is 1. The van der Waals surface area contributed by atoms with Gasteiger partial charge in [0.1, 0.15) is 0 Å². The van der Waals surface area contributed by atoms with Gasteiger partial charge in [-0.05, 0) is 23.8 Å². The minimum Gasteiger partial charge on any atom is -0.475 e. The van der Waals surface area contributed by atoms with Gasteiger partial charge in [-0.25, -0.2) is 4.79 Å². The molecule has 0 saturated carbocycles. The van der Waals surface area contributed by atoms with Crippen molar-refractivity contribution in [3.63, 3.8) is 0 Å². The summed E-state index contributed by atoms with van der Waals surface area (Å²) in [5.74, 6) is -2.53. The van der Waals surface area contributed by atoms with E-state index in [1.807, 2.05) is 0 Å². The summed E-state index contributed by atoms with van der Waals surface area (Å²) in [7, 11) is 0. The molecule has 1 N–H and O–H groups in total. The maximum atomic E-state index is 10.7. The van der Waals surface area contributed by atoms with Crippen molar-refractivity contribution in [1.82, 2.24) is 0 Å². The van der Waals surface area contributed by atoms with Crippen molar-refractivity contribution >= 4 is 23.5 Å². The van der Waals surface area contributed by atoms with Crippen LogP contribution in [0.4, 0.5) is 5.69 Å². The number of carboxylic acids is 1. The van der Waals surface area contributed by atoms with Gasteiger partial charge in [0.15, 0.2) is 0 Å². The third kappa shape index (κ3) is 4.01. The largest absolute Gasteiger partial charge is 0.475 e. The summed E-state index contributed by atoms with van der Waals surface area (Å²) in [5, 5.41) is 18.7. The van der Waals surface area contributed by atoms with E-state index in [1.165, 1.54) is 24.3 Å². The van der Waals surface area contributed by atoms with Crippen LogP contribution in [0.1, 0.15) is 5.56 Å². The van der Waals surface area contributed by atoms with Gasteiger partial charge in [-0.3, -0.25) is 14.9 Å². The Hall–Kier alpha value is -2.76. The Bertz CT molecular complexity index is 528. The summed E-state index contributed by atoms with van der Waals surface area (Å²) in [6, 6.07) is 5.79. The number of nitro groups is 1. The number of rotatable bonds is 5. The van der Waals surface area contributed by atoms with Crippen molar-refractivity contribution < 1.29 is 19.6 Å². The topological polar surface area (TPSA) is 97.5 Å². The van der Waals surface area contributed by atoms with Crippen molar-refractivity contribution in [1.29, 1.82) is 0 Å². The fourth-order valence-electron chi connectivity index (χ4n) is 1.09. The third-order valence-corrected chi connectivity index (χ3v) is 1.96. The van der Waals surface area contributed by atoms with Gasteiger partial charge in [0.25, 0.3) is 11.5 Å². The lowest BCUT2D eigenvalue weighted by atomic mass is 10.2. The van der Waals surface area contributed by atoms with E-state index in [0.717, 1.165) is 6.08 Å². The third-order valence-electron chi connectivity index (χ3n) is 1.96. The lowest BCUT2D eigenvalue weighted by molar-refractivity contribution is -0.384. The van der Waals surface area contributed by atoms with Gasteiger partial charge in [-0.2, -0.15) is 0 Å². The van der Waals surface area contributed by atoms with Crippen LogP contribution in [0.15, 0.2) is 42.5 Å². The van der Waals surface area contributed by atoms with Crippen LogP contribution in [0.2, 0.25) is 0 Å². The SMILES string of the molecule is O=C(O)C(=O)C=CC=Cc1ccc([N+](=O)[O-])cc1. The zero-order chi connectivity index (χ0) is 13.5. The normalized spacial score (nSPS) is 10.9. The fraction of sp³-hybridized carbons (Fsp3) is 0. The zero-order valence-electron chi connectivity index (χ0n) is 9.15. The molecule has 0 spiro atoms. The average Bonchev–Trinajstić information content (AvgIpc) is 2.34. The first kappa shape index (κ1) is 13.3. The Morgan fingerprint density at radius 1 is 1.17 bits per heavy atom. The molecule has 0 heterocycles. The molecule has 1 aromatic carbocycles. The Kier molecular flexibility index (Phi) is 4.50. The van der Waals surface area contributed by atoms with Gasteiger partial charge >= 0.3 is 5.97 Å². The van der Waals surface area contributed by atoms with Crippen molar-refractivity contribution in [2.75, 3.05) is 0 Å². The summed E-state index contributed by atoms with van der Waals surface area (Å²) in [6.07, 6.45) is 5.28. The van der Waals surface area contributed by atoms with Crippen LogP contribution in [0, 0.1) is 10.1 Å². The Morgan fingerprint density at radius 3 is 2.28 bits per heavy atom. The van der Waals surface area contributed by atoms with Gasteiger partial charge in [-0.15, -0.1) is 0 Å². The molecule has 0 amide bonds. The van der Waals surface area contributed by atoms with Crippen molar-refractivity contribution in [3.05, 3.63) is 58.2 Å². The molecule has 18 heavy (non-hydrogen) atoms. The molecule has 0 fully saturated rings. The van der Waals surface area contributed by atoms with Gasteiger partial charge < -0.3 is 5.11 Å². The molecule has 6 nitrogen and oxygen atoms in total. The summed E-state index contributed by atoms with van der Waals surface area (Å²) in [5.41, 5.74) is 0.691. The summed E-state index contributed by atoms with van der Waals surface area (Å²) in [6.45, 7) is 0. The van der Waals surface area contributed by atoms with Gasteiger partial charge in [0.05, 0.1) is 4.92 Å². The van der Waals surface area contributed by atoms with Crippen LogP contribution in [0.25, 0.3) is 6.08 Å².